The van der Waals surface area contributed by atoms with Crippen LogP contribution in [0.2, 0.25) is 0 Å². The average molecular weight is 710 g/mol. The Morgan fingerprint density at radius 2 is 1.85 bits per heavy atom. The molecule has 0 unspecified atom stereocenters. The minimum atomic E-state index is -4.22. The van der Waals surface area contributed by atoms with E-state index in [2.05, 4.69) is 4.98 Å². The third-order valence-electron chi connectivity index (χ3n) is 8.42. The Labute approximate surface area is 278 Å². The van der Waals surface area contributed by atoms with Gasteiger partial charge in [-0.05, 0) is 70.4 Å². The van der Waals surface area contributed by atoms with E-state index in [0.717, 1.165) is 12.5 Å². The summed E-state index contributed by atoms with van der Waals surface area (Å²) in [7, 11) is -7.68. The lowest BCUT2D eigenvalue weighted by Crippen LogP contribution is -2.50. The molecule has 2 N–H and O–H groups in total. The lowest BCUT2D eigenvalue weighted by Gasteiger charge is -2.38. The molecule has 1 amide bonds. The number of nitrogens with zero attached hydrogens (tertiary/aromatic N) is 2. The van der Waals surface area contributed by atoms with E-state index in [-0.39, 0.29) is 67.2 Å². The SMILES string of the molecule is CC(C)(C)OC(=O)N(C[C@H](O)COc1cccc(S(C)(=O)=O)c1)[C@H]1COC2(CCN(S(=O)(=O)c3c[nH]c4c(F)cccc4c3=O)CC2)C1. The molecule has 48 heavy (non-hydrogen) atoms. The average Bonchev–Trinajstić information content (AvgIpc) is 3.41. The molecule has 262 valence electrons. The molecule has 3 heterocycles. The molecule has 2 atom stereocenters. The Bertz CT molecular complexity index is 1950. The van der Waals surface area contributed by atoms with Gasteiger partial charge in [0.25, 0.3) is 0 Å². The maximum atomic E-state index is 14.2. The molecular weight excluding hydrogens is 669 g/mol. The van der Waals surface area contributed by atoms with Gasteiger partial charge in [0.1, 0.15) is 34.8 Å². The molecule has 0 saturated carbocycles. The Morgan fingerprint density at radius 1 is 1.17 bits per heavy atom. The number of piperidine rings is 1. The summed E-state index contributed by atoms with van der Waals surface area (Å²) in [6, 6.07) is 9.24. The van der Waals surface area contributed by atoms with Crippen LogP contribution in [0, 0.1) is 5.82 Å². The number of fused-ring (bicyclic) bond motifs is 1. The van der Waals surface area contributed by atoms with Gasteiger partial charge in [0, 0.05) is 30.9 Å². The number of aliphatic hydroxyl groups excluding tert-OH is 1. The highest BCUT2D eigenvalue weighted by Crippen LogP contribution is 2.39. The number of carbonyl (C=O) groups excluding carboxylic acids is 1. The van der Waals surface area contributed by atoms with Crippen molar-refractivity contribution in [1.29, 1.82) is 0 Å². The predicted octanol–water partition coefficient (Wildman–Crippen LogP) is 3.06. The number of amides is 1. The van der Waals surface area contributed by atoms with Crippen molar-refractivity contribution < 1.29 is 45.3 Å². The summed E-state index contributed by atoms with van der Waals surface area (Å²) in [6.07, 6.45) is 1.18. The number of carbonyl (C=O) groups is 1. The largest absolute Gasteiger partial charge is 0.491 e. The molecular formula is C32H40FN3O10S2. The number of halogens is 1. The van der Waals surface area contributed by atoms with Crippen molar-refractivity contribution in [2.24, 2.45) is 0 Å². The number of hydrogen-bond acceptors (Lipinski definition) is 10. The zero-order chi connectivity index (χ0) is 35.1. The zero-order valence-electron chi connectivity index (χ0n) is 27.1. The minimum absolute atomic E-state index is 0.0468. The monoisotopic (exact) mass is 709 g/mol. The number of rotatable bonds is 9. The first-order valence-corrected chi connectivity index (χ1v) is 18.8. The molecule has 2 saturated heterocycles. The second-order valence-corrected chi connectivity index (χ2v) is 17.2. The van der Waals surface area contributed by atoms with Crippen molar-refractivity contribution in [3.63, 3.8) is 0 Å². The summed E-state index contributed by atoms with van der Waals surface area (Å²) in [6.45, 7) is 4.96. The number of aromatic nitrogens is 1. The first-order valence-electron chi connectivity index (χ1n) is 15.4. The summed E-state index contributed by atoms with van der Waals surface area (Å²) < 4.78 is 83.7. The fraction of sp³-hybridized carbons (Fsp3) is 0.500. The third kappa shape index (κ3) is 7.83. The Kier molecular flexibility index (Phi) is 9.96. The summed E-state index contributed by atoms with van der Waals surface area (Å²) in [5.74, 6) is -0.426. The number of hydrogen-bond donors (Lipinski definition) is 2. The van der Waals surface area contributed by atoms with Gasteiger partial charge < -0.3 is 29.2 Å². The van der Waals surface area contributed by atoms with Crippen molar-refractivity contribution in [3.05, 3.63) is 64.7 Å². The summed E-state index contributed by atoms with van der Waals surface area (Å²) in [4.78, 5) is 30.0. The molecule has 1 aromatic heterocycles. The standard InChI is InChI=1S/C32H40FN3O10S2/c1-31(2,3)46-30(39)36(18-22(37)20-44-23-7-5-8-24(15-23)47(4,40)41)21-16-32(45-19-21)11-13-35(14-12-32)48(42,43)27-17-34-28-25(29(27)38)9-6-10-26(28)33/h5-10,15,17,21-22,37H,11-14,16,18-20H2,1-4H3,(H,34,38)/t21-,22+/m1/s1. The number of sulfone groups is 1. The summed E-state index contributed by atoms with van der Waals surface area (Å²) >= 11 is 0. The number of sulfonamides is 1. The van der Waals surface area contributed by atoms with E-state index in [1.807, 2.05) is 0 Å². The number of ether oxygens (including phenoxy) is 3. The van der Waals surface area contributed by atoms with Gasteiger partial charge in [0.2, 0.25) is 15.5 Å². The molecule has 0 aliphatic carbocycles. The highest BCUT2D eigenvalue weighted by Gasteiger charge is 2.48. The van der Waals surface area contributed by atoms with Gasteiger partial charge in [0.05, 0.1) is 35.2 Å². The van der Waals surface area contributed by atoms with Gasteiger partial charge in [-0.2, -0.15) is 4.31 Å². The Morgan fingerprint density at radius 3 is 2.52 bits per heavy atom. The fourth-order valence-corrected chi connectivity index (χ4v) is 8.14. The molecule has 3 aromatic rings. The summed E-state index contributed by atoms with van der Waals surface area (Å²) in [5, 5.41) is 10.8. The first kappa shape index (κ1) is 35.7. The van der Waals surface area contributed by atoms with Crippen LogP contribution in [-0.2, 0) is 29.3 Å². The van der Waals surface area contributed by atoms with Gasteiger partial charge in [-0.3, -0.25) is 4.79 Å². The van der Waals surface area contributed by atoms with Crippen LogP contribution in [0.5, 0.6) is 5.75 Å². The highest BCUT2D eigenvalue weighted by atomic mass is 32.2. The second kappa shape index (κ2) is 13.4. The van der Waals surface area contributed by atoms with Crippen molar-refractivity contribution in [2.75, 3.05) is 39.1 Å². The molecule has 2 aliphatic heterocycles. The molecule has 2 fully saturated rings. The van der Waals surface area contributed by atoms with Gasteiger partial charge in [-0.1, -0.05) is 12.1 Å². The fourth-order valence-electron chi connectivity index (χ4n) is 5.99. The van der Waals surface area contributed by atoms with Crippen LogP contribution in [0.15, 0.2) is 63.2 Å². The smallest absolute Gasteiger partial charge is 0.410 e. The number of aliphatic hydroxyl groups is 1. The van der Waals surface area contributed by atoms with Crippen LogP contribution in [-0.4, -0.2) is 105 Å². The zero-order valence-corrected chi connectivity index (χ0v) is 28.8. The Balaban J connectivity index is 1.26. The van der Waals surface area contributed by atoms with Crippen molar-refractivity contribution in [1.82, 2.24) is 14.2 Å². The highest BCUT2D eigenvalue weighted by molar-refractivity contribution is 7.90. The lowest BCUT2D eigenvalue weighted by atomic mass is 9.88. The minimum Gasteiger partial charge on any atom is -0.491 e. The normalized spacial score (nSPS) is 19.3. The van der Waals surface area contributed by atoms with Crippen LogP contribution in [0.25, 0.3) is 10.9 Å². The predicted molar refractivity (Wildman–Crippen MR) is 174 cm³/mol. The van der Waals surface area contributed by atoms with Crippen LogP contribution in [0.1, 0.15) is 40.0 Å². The van der Waals surface area contributed by atoms with Crippen LogP contribution in [0.3, 0.4) is 0 Å². The number of H-pyrrole nitrogens is 1. The number of para-hydroxylation sites is 1. The number of benzene rings is 2. The van der Waals surface area contributed by atoms with Crippen molar-refractivity contribution in [2.45, 2.75) is 73.2 Å². The van der Waals surface area contributed by atoms with Gasteiger partial charge in [-0.15, -0.1) is 0 Å². The van der Waals surface area contributed by atoms with E-state index >= 15 is 0 Å². The molecule has 0 bridgehead atoms. The van der Waals surface area contributed by atoms with Crippen molar-refractivity contribution in [3.8, 4) is 5.75 Å². The van der Waals surface area contributed by atoms with Crippen LogP contribution >= 0.6 is 0 Å². The molecule has 5 rings (SSSR count). The maximum absolute atomic E-state index is 14.2. The lowest BCUT2D eigenvalue weighted by molar-refractivity contribution is -0.0329. The van der Waals surface area contributed by atoms with Crippen LogP contribution in [0.4, 0.5) is 9.18 Å². The molecule has 2 aliphatic rings. The molecule has 2 aromatic carbocycles. The van der Waals surface area contributed by atoms with Crippen LogP contribution < -0.4 is 10.2 Å². The molecule has 0 radical (unpaired) electrons. The third-order valence-corrected chi connectivity index (χ3v) is 11.4. The summed E-state index contributed by atoms with van der Waals surface area (Å²) in [5.41, 5.74) is -2.45. The van der Waals surface area contributed by atoms with Gasteiger partial charge >= 0.3 is 6.09 Å². The topological polar surface area (TPSA) is 173 Å². The Hall–Kier alpha value is -3.57. The van der Waals surface area contributed by atoms with E-state index in [9.17, 15) is 35.9 Å². The molecule has 16 heteroatoms. The van der Waals surface area contributed by atoms with Gasteiger partial charge in [-0.25, -0.2) is 26.0 Å². The maximum Gasteiger partial charge on any atom is 0.410 e. The van der Waals surface area contributed by atoms with E-state index in [0.29, 0.717) is 6.42 Å². The molecule has 13 nitrogen and oxygen atoms in total. The quantitative estimate of drug-likeness (QED) is 0.336. The van der Waals surface area contributed by atoms with Gasteiger partial charge in [0.15, 0.2) is 9.84 Å². The molecule has 1 spiro atoms. The van der Waals surface area contributed by atoms with Crippen molar-refractivity contribution >= 4 is 36.9 Å². The second-order valence-electron chi connectivity index (χ2n) is 13.2. The number of nitrogens with one attached hydrogen (secondary N) is 1. The van der Waals surface area contributed by atoms with E-state index < -0.39 is 65.4 Å². The number of aromatic amines is 1. The van der Waals surface area contributed by atoms with E-state index in [1.165, 1.54) is 45.6 Å². The number of pyridine rings is 1. The first-order chi connectivity index (χ1) is 22.4. The van der Waals surface area contributed by atoms with E-state index in [4.69, 9.17) is 14.2 Å². The van der Waals surface area contributed by atoms with E-state index in [1.54, 1.807) is 26.8 Å².